The van der Waals surface area contributed by atoms with Gasteiger partial charge in [-0.15, -0.1) is 0 Å². The SMILES string of the molecule is OC(CNC1CC1)COc1cccc(C(F)(F)F)c1. The van der Waals surface area contributed by atoms with Crippen molar-refractivity contribution in [3.63, 3.8) is 0 Å². The van der Waals surface area contributed by atoms with Crippen molar-refractivity contribution in [3.05, 3.63) is 29.8 Å². The minimum absolute atomic E-state index is 0.0268. The van der Waals surface area contributed by atoms with Crippen molar-refractivity contribution in [1.82, 2.24) is 5.32 Å². The van der Waals surface area contributed by atoms with E-state index in [0.29, 0.717) is 12.6 Å². The summed E-state index contributed by atoms with van der Waals surface area (Å²) in [6.07, 6.45) is -2.89. The number of hydrogen-bond donors (Lipinski definition) is 2. The molecule has 0 saturated heterocycles. The Hall–Kier alpha value is -1.27. The standard InChI is InChI=1S/C13H16F3NO2/c14-13(15,16)9-2-1-3-12(6-9)19-8-11(18)7-17-10-4-5-10/h1-3,6,10-11,17-18H,4-5,7-8H2. The lowest BCUT2D eigenvalue weighted by molar-refractivity contribution is -0.137. The van der Waals surface area contributed by atoms with Gasteiger partial charge in [-0.1, -0.05) is 6.07 Å². The second kappa shape index (κ2) is 5.79. The Bertz CT molecular complexity index is 419. The van der Waals surface area contributed by atoms with Gasteiger partial charge in [0.05, 0.1) is 5.56 Å². The minimum Gasteiger partial charge on any atom is -0.491 e. The molecule has 0 aromatic heterocycles. The van der Waals surface area contributed by atoms with Gasteiger partial charge in [0.15, 0.2) is 0 Å². The summed E-state index contributed by atoms with van der Waals surface area (Å²) in [5.41, 5.74) is -0.754. The van der Waals surface area contributed by atoms with E-state index in [4.69, 9.17) is 4.74 Å². The Labute approximate surface area is 109 Å². The topological polar surface area (TPSA) is 41.5 Å². The first kappa shape index (κ1) is 14.1. The van der Waals surface area contributed by atoms with Gasteiger partial charge in [0, 0.05) is 12.6 Å². The van der Waals surface area contributed by atoms with E-state index in [1.54, 1.807) is 0 Å². The molecule has 2 N–H and O–H groups in total. The molecular formula is C13H16F3NO2. The molecule has 0 spiro atoms. The number of aliphatic hydroxyl groups is 1. The maximum atomic E-state index is 12.5. The molecule has 1 unspecified atom stereocenters. The highest BCUT2D eigenvalue weighted by atomic mass is 19.4. The van der Waals surface area contributed by atoms with Crippen LogP contribution in [-0.2, 0) is 6.18 Å². The molecule has 2 rings (SSSR count). The molecule has 106 valence electrons. The first-order valence-electron chi connectivity index (χ1n) is 6.16. The van der Waals surface area contributed by atoms with Crippen LogP contribution < -0.4 is 10.1 Å². The highest BCUT2D eigenvalue weighted by Crippen LogP contribution is 2.31. The number of rotatable bonds is 6. The lowest BCUT2D eigenvalue weighted by atomic mass is 10.2. The highest BCUT2D eigenvalue weighted by molar-refractivity contribution is 5.30. The molecule has 1 aliphatic rings. The van der Waals surface area contributed by atoms with Gasteiger partial charge >= 0.3 is 6.18 Å². The van der Waals surface area contributed by atoms with Crippen LogP contribution in [0.4, 0.5) is 13.2 Å². The molecule has 0 amide bonds. The summed E-state index contributed by atoms with van der Waals surface area (Å²) < 4.78 is 42.6. The Morgan fingerprint density at radius 3 is 2.74 bits per heavy atom. The summed E-state index contributed by atoms with van der Waals surface area (Å²) in [5, 5.41) is 12.7. The summed E-state index contributed by atoms with van der Waals surface area (Å²) >= 11 is 0. The van der Waals surface area contributed by atoms with Gasteiger partial charge in [-0.05, 0) is 31.0 Å². The Morgan fingerprint density at radius 2 is 2.11 bits per heavy atom. The van der Waals surface area contributed by atoms with Gasteiger partial charge in [0.25, 0.3) is 0 Å². The van der Waals surface area contributed by atoms with Crippen molar-refractivity contribution in [2.75, 3.05) is 13.2 Å². The summed E-state index contributed by atoms with van der Waals surface area (Å²) in [6.45, 7) is 0.366. The zero-order valence-electron chi connectivity index (χ0n) is 10.3. The van der Waals surface area contributed by atoms with Crippen molar-refractivity contribution < 1.29 is 23.0 Å². The average molecular weight is 275 g/mol. The monoisotopic (exact) mass is 275 g/mol. The lowest BCUT2D eigenvalue weighted by Crippen LogP contribution is -2.32. The minimum atomic E-state index is -4.38. The number of hydrogen-bond acceptors (Lipinski definition) is 3. The van der Waals surface area contributed by atoms with E-state index in [1.165, 1.54) is 12.1 Å². The van der Waals surface area contributed by atoms with Crippen LogP contribution in [0.25, 0.3) is 0 Å². The molecule has 6 heteroatoms. The molecule has 1 aliphatic carbocycles. The fourth-order valence-corrected chi connectivity index (χ4v) is 1.60. The van der Waals surface area contributed by atoms with Crippen LogP contribution in [0.3, 0.4) is 0 Å². The molecular weight excluding hydrogens is 259 g/mol. The van der Waals surface area contributed by atoms with Gasteiger partial charge in [0.1, 0.15) is 18.5 Å². The fourth-order valence-electron chi connectivity index (χ4n) is 1.60. The van der Waals surface area contributed by atoms with Crippen molar-refractivity contribution in [2.45, 2.75) is 31.2 Å². The maximum Gasteiger partial charge on any atom is 0.416 e. The van der Waals surface area contributed by atoms with E-state index < -0.39 is 17.8 Å². The maximum absolute atomic E-state index is 12.5. The number of halogens is 3. The van der Waals surface area contributed by atoms with Crippen LogP contribution in [0.5, 0.6) is 5.75 Å². The van der Waals surface area contributed by atoms with Gasteiger partial charge in [-0.3, -0.25) is 0 Å². The Kier molecular flexibility index (Phi) is 4.31. The third-order valence-electron chi connectivity index (χ3n) is 2.82. The van der Waals surface area contributed by atoms with Crippen molar-refractivity contribution >= 4 is 0 Å². The molecule has 19 heavy (non-hydrogen) atoms. The Morgan fingerprint density at radius 1 is 1.37 bits per heavy atom. The first-order chi connectivity index (χ1) is 8.95. The number of nitrogens with one attached hydrogen (secondary N) is 1. The van der Waals surface area contributed by atoms with Gasteiger partial charge < -0.3 is 15.2 Å². The molecule has 1 aromatic rings. The van der Waals surface area contributed by atoms with Crippen LogP contribution in [0.1, 0.15) is 18.4 Å². The predicted molar refractivity (Wildman–Crippen MR) is 64.0 cm³/mol. The van der Waals surface area contributed by atoms with E-state index >= 15 is 0 Å². The Balaban J connectivity index is 1.81. The second-order valence-electron chi connectivity index (χ2n) is 4.67. The summed E-state index contributed by atoms with van der Waals surface area (Å²) in [4.78, 5) is 0. The number of benzene rings is 1. The van der Waals surface area contributed by atoms with Crippen molar-refractivity contribution in [2.24, 2.45) is 0 Å². The molecule has 0 bridgehead atoms. The average Bonchev–Trinajstić information content (AvgIpc) is 3.17. The van der Waals surface area contributed by atoms with Crippen LogP contribution in [0.15, 0.2) is 24.3 Å². The summed E-state index contributed by atoms with van der Waals surface area (Å²) in [7, 11) is 0. The highest BCUT2D eigenvalue weighted by Gasteiger charge is 2.30. The molecule has 1 saturated carbocycles. The van der Waals surface area contributed by atoms with Crippen LogP contribution in [0, 0.1) is 0 Å². The molecule has 0 heterocycles. The van der Waals surface area contributed by atoms with Crippen LogP contribution in [0.2, 0.25) is 0 Å². The van der Waals surface area contributed by atoms with E-state index in [9.17, 15) is 18.3 Å². The molecule has 1 aromatic carbocycles. The number of alkyl halides is 3. The zero-order chi connectivity index (χ0) is 13.9. The third-order valence-corrected chi connectivity index (χ3v) is 2.82. The van der Waals surface area contributed by atoms with E-state index in [2.05, 4.69) is 5.32 Å². The molecule has 1 fully saturated rings. The molecule has 1 atom stereocenters. The molecule has 0 radical (unpaired) electrons. The third kappa shape index (κ3) is 4.72. The lowest BCUT2D eigenvalue weighted by Gasteiger charge is -2.14. The summed E-state index contributed by atoms with van der Waals surface area (Å²) in [5.74, 6) is 0.111. The van der Waals surface area contributed by atoms with Gasteiger partial charge in [-0.25, -0.2) is 0 Å². The first-order valence-corrected chi connectivity index (χ1v) is 6.16. The molecule has 3 nitrogen and oxygen atoms in total. The molecule has 0 aliphatic heterocycles. The van der Waals surface area contributed by atoms with E-state index in [0.717, 1.165) is 25.0 Å². The van der Waals surface area contributed by atoms with Crippen molar-refractivity contribution in [1.29, 1.82) is 0 Å². The largest absolute Gasteiger partial charge is 0.491 e. The van der Waals surface area contributed by atoms with Gasteiger partial charge in [0.2, 0.25) is 0 Å². The number of aliphatic hydroxyl groups excluding tert-OH is 1. The van der Waals surface area contributed by atoms with Crippen LogP contribution >= 0.6 is 0 Å². The fraction of sp³-hybridized carbons (Fsp3) is 0.538. The smallest absolute Gasteiger partial charge is 0.416 e. The second-order valence-corrected chi connectivity index (χ2v) is 4.67. The number of ether oxygens (including phenoxy) is 1. The van der Waals surface area contributed by atoms with Crippen molar-refractivity contribution in [3.8, 4) is 5.75 Å². The van der Waals surface area contributed by atoms with E-state index in [1.807, 2.05) is 0 Å². The van der Waals surface area contributed by atoms with Crippen LogP contribution in [-0.4, -0.2) is 30.4 Å². The summed E-state index contributed by atoms with van der Waals surface area (Å²) in [6, 6.07) is 5.12. The quantitative estimate of drug-likeness (QED) is 0.836. The normalized spacial score (nSPS) is 17.3. The zero-order valence-corrected chi connectivity index (χ0v) is 10.3. The van der Waals surface area contributed by atoms with E-state index in [-0.39, 0.29) is 12.4 Å². The predicted octanol–water partition coefficient (Wildman–Crippen LogP) is 2.20. The van der Waals surface area contributed by atoms with Gasteiger partial charge in [-0.2, -0.15) is 13.2 Å².